The molecule has 0 N–H and O–H groups in total. The van der Waals surface area contributed by atoms with Crippen LogP contribution < -0.4 is 4.90 Å². The summed E-state index contributed by atoms with van der Waals surface area (Å²) < 4.78 is 5.11. The fourth-order valence-electron chi connectivity index (χ4n) is 1.60. The minimum Gasteiger partial charge on any atom is -0.383 e. The smallest absolute Gasteiger partial charge is 0.159 e. The van der Waals surface area contributed by atoms with Gasteiger partial charge < -0.3 is 9.64 Å². The van der Waals surface area contributed by atoms with Crippen molar-refractivity contribution in [2.75, 3.05) is 25.7 Å². The molecule has 0 aliphatic rings. The number of nitrogens with zero attached hydrogens (tertiary/aromatic N) is 1. The van der Waals surface area contributed by atoms with Crippen molar-refractivity contribution in [1.29, 1.82) is 0 Å². The minimum atomic E-state index is 0.0195. The zero-order valence-electron chi connectivity index (χ0n) is 10.7. The van der Waals surface area contributed by atoms with Crippen LogP contribution in [0.1, 0.15) is 24.2 Å². The Morgan fingerprint density at radius 1 is 1.53 bits per heavy atom. The van der Waals surface area contributed by atoms with E-state index in [4.69, 9.17) is 16.3 Å². The lowest BCUT2D eigenvalue weighted by Gasteiger charge is -2.27. The Hall–Kier alpha value is -1.06. The van der Waals surface area contributed by atoms with E-state index in [9.17, 15) is 4.79 Å². The standard InChI is InChI=1S/C13H18ClNO2/c1-9(8-17-4)15(3)13-6-5-11(10(2)16)7-12(13)14/h5-7,9H,8H2,1-4H3. The summed E-state index contributed by atoms with van der Waals surface area (Å²) in [7, 11) is 3.63. The monoisotopic (exact) mass is 255 g/mol. The van der Waals surface area contributed by atoms with Gasteiger partial charge in [0.2, 0.25) is 0 Å². The fourth-order valence-corrected chi connectivity index (χ4v) is 1.92. The van der Waals surface area contributed by atoms with E-state index in [2.05, 4.69) is 6.92 Å². The van der Waals surface area contributed by atoms with E-state index in [1.807, 2.05) is 18.0 Å². The Labute approximate surface area is 107 Å². The molecule has 1 aromatic rings. The first-order chi connectivity index (χ1) is 7.97. The number of ether oxygens (including phenoxy) is 1. The zero-order valence-corrected chi connectivity index (χ0v) is 11.4. The first kappa shape index (κ1) is 14.0. The molecule has 1 atom stereocenters. The molecule has 0 spiro atoms. The van der Waals surface area contributed by atoms with Crippen molar-refractivity contribution in [3.63, 3.8) is 0 Å². The Bertz CT molecular complexity index is 406. The summed E-state index contributed by atoms with van der Waals surface area (Å²) in [6.45, 7) is 4.21. The number of benzene rings is 1. The normalized spacial score (nSPS) is 12.3. The van der Waals surface area contributed by atoms with Crippen LogP contribution in [-0.4, -0.2) is 32.6 Å². The molecule has 0 fully saturated rings. The predicted octanol–water partition coefficient (Wildman–Crippen LogP) is 3.01. The number of halogens is 1. The van der Waals surface area contributed by atoms with Crippen LogP contribution in [0.4, 0.5) is 5.69 Å². The van der Waals surface area contributed by atoms with Gasteiger partial charge in [0.1, 0.15) is 0 Å². The van der Waals surface area contributed by atoms with Crippen LogP contribution in [0.25, 0.3) is 0 Å². The van der Waals surface area contributed by atoms with Crippen molar-refractivity contribution in [1.82, 2.24) is 0 Å². The van der Waals surface area contributed by atoms with Gasteiger partial charge in [-0.05, 0) is 32.0 Å². The minimum absolute atomic E-state index is 0.0195. The molecule has 4 heteroatoms. The summed E-state index contributed by atoms with van der Waals surface area (Å²) >= 11 is 6.18. The summed E-state index contributed by atoms with van der Waals surface area (Å²) in [6.07, 6.45) is 0. The van der Waals surface area contributed by atoms with Gasteiger partial charge in [0, 0.05) is 25.8 Å². The number of hydrogen-bond donors (Lipinski definition) is 0. The highest BCUT2D eigenvalue weighted by molar-refractivity contribution is 6.33. The van der Waals surface area contributed by atoms with Crippen molar-refractivity contribution >= 4 is 23.1 Å². The van der Waals surface area contributed by atoms with E-state index in [1.165, 1.54) is 6.92 Å². The van der Waals surface area contributed by atoms with Gasteiger partial charge in [-0.15, -0.1) is 0 Å². The van der Waals surface area contributed by atoms with Crippen molar-refractivity contribution in [2.24, 2.45) is 0 Å². The highest BCUT2D eigenvalue weighted by Crippen LogP contribution is 2.27. The van der Waals surface area contributed by atoms with E-state index in [0.29, 0.717) is 17.2 Å². The third-order valence-electron chi connectivity index (χ3n) is 2.80. The first-order valence-electron chi connectivity index (χ1n) is 5.49. The molecular formula is C13H18ClNO2. The number of Topliss-reactive ketones (excluding diaryl/α,β-unsaturated/α-hetero) is 1. The molecule has 0 bridgehead atoms. The Balaban J connectivity index is 2.95. The molecule has 0 heterocycles. The average molecular weight is 256 g/mol. The Kier molecular flexibility index (Phi) is 4.97. The summed E-state index contributed by atoms with van der Waals surface area (Å²) in [5.41, 5.74) is 1.53. The Morgan fingerprint density at radius 2 is 2.18 bits per heavy atom. The molecule has 0 aliphatic heterocycles. The molecule has 0 aliphatic carbocycles. The average Bonchev–Trinajstić information content (AvgIpc) is 2.28. The summed E-state index contributed by atoms with van der Waals surface area (Å²) in [5, 5.41) is 0.586. The number of rotatable bonds is 5. The molecule has 0 amide bonds. The molecule has 1 unspecified atom stereocenters. The lowest BCUT2D eigenvalue weighted by molar-refractivity contribution is 0.101. The molecule has 1 rings (SSSR count). The molecule has 1 aromatic carbocycles. The van der Waals surface area contributed by atoms with E-state index in [0.717, 1.165) is 5.69 Å². The van der Waals surface area contributed by atoms with Crippen molar-refractivity contribution in [3.8, 4) is 0 Å². The molecular weight excluding hydrogens is 238 g/mol. The molecule has 0 saturated heterocycles. The lowest BCUT2D eigenvalue weighted by Crippen LogP contribution is -2.32. The summed E-state index contributed by atoms with van der Waals surface area (Å²) in [4.78, 5) is 13.3. The zero-order chi connectivity index (χ0) is 13.0. The van der Waals surface area contributed by atoms with E-state index in [1.54, 1.807) is 19.2 Å². The Morgan fingerprint density at radius 3 is 2.65 bits per heavy atom. The largest absolute Gasteiger partial charge is 0.383 e. The van der Waals surface area contributed by atoms with Gasteiger partial charge in [-0.3, -0.25) is 4.79 Å². The lowest BCUT2D eigenvalue weighted by atomic mass is 10.1. The molecule has 0 aromatic heterocycles. The van der Waals surface area contributed by atoms with Gasteiger partial charge in [-0.25, -0.2) is 0 Å². The SMILES string of the molecule is COCC(C)N(C)c1ccc(C(C)=O)cc1Cl. The van der Waals surface area contributed by atoms with E-state index < -0.39 is 0 Å². The van der Waals surface area contributed by atoms with Crippen LogP contribution in [0.2, 0.25) is 5.02 Å². The molecule has 0 saturated carbocycles. The van der Waals surface area contributed by atoms with Gasteiger partial charge in [-0.1, -0.05) is 11.6 Å². The van der Waals surface area contributed by atoms with Gasteiger partial charge in [-0.2, -0.15) is 0 Å². The molecule has 0 radical (unpaired) electrons. The number of carbonyl (C=O) groups is 1. The van der Waals surface area contributed by atoms with Crippen LogP contribution in [-0.2, 0) is 4.74 Å². The van der Waals surface area contributed by atoms with E-state index in [-0.39, 0.29) is 11.8 Å². The van der Waals surface area contributed by atoms with Crippen molar-refractivity contribution in [3.05, 3.63) is 28.8 Å². The third kappa shape index (κ3) is 3.45. The number of anilines is 1. The maximum Gasteiger partial charge on any atom is 0.159 e. The number of hydrogen-bond acceptors (Lipinski definition) is 3. The maximum absolute atomic E-state index is 11.2. The van der Waals surface area contributed by atoms with Crippen molar-refractivity contribution in [2.45, 2.75) is 19.9 Å². The van der Waals surface area contributed by atoms with Crippen LogP contribution in [0, 0.1) is 0 Å². The van der Waals surface area contributed by atoms with Crippen molar-refractivity contribution < 1.29 is 9.53 Å². The van der Waals surface area contributed by atoms with Gasteiger partial charge in [0.15, 0.2) is 5.78 Å². The maximum atomic E-state index is 11.2. The highest BCUT2D eigenvalue weighted by atomic mass is 35.5. The first-order valence-corrected chi connectivity index (χ1v) is 5.87. The second-order valence-electron chi connectivity index (χ2n) is 4.14. The second kappa shape index (κ2) is 6.03. The fraction of sp³-hybridized carbons (Fsp3) is 0.462. The molecule has 17 heavy (non-hydrogen) atoms. The topological polar surface area (TPSA) is 29.5 Å². The van der Waals surface area contributed by atoms with Crippen LogP contribution in [0.5, 0.6) is 0 Å². The quantitative estimate of drug-likeness (QED) is 0.758. The van der Waals surface area contributed by atoms with Crippen LogP contribution in [0.3, 0.4) is 0 Å². The predicted molar refractivity (Wildman–Crippen MR) is 71.2 cm³/mol. The molecule has 3 nitrogen and oxygen atoms in total. The molecule has 94 valence electrons. The summed E-state index contributed by atoms with van der Waals surface area (Å²) in [5.74, 6) is 0.0195. The van der Waals surface area contributed by atoms with Gasteiger partial charge in [0.05, 0.1) is 17.3 Å². The van der Waals surface area contributed by atoms with Gasteiger partial charge in [0.25, 0.3) is 0 Å². The number of ketones is 1. The number of methoxy groups -OCH3 is 1. The number of carbonyl (C=O) groups excluding carboxylic acids is 1. The second-order valence-corrected chi connectivity index (χ2v) is 4.54. The van der Waals surface area contributed by atoms with E-state index >= 15 is 0 Å². The van der Waals surface area contributed by atoms with Crippen LogP contribution >= 0.6 is 11.6 Å². The highest BCUT2D eigenvalue weighted by Gasteiger charge is 2.13. The number of likely N-dealkylation sites (N-methyl/N-ethyl adjacent to an activating group) is 1. The van der Waals surface area contributed by atoms with Crippen LogP contribution in [0.15, 0.2) is 18.2 Å². The summed E-state index contributed by atoms with van der Waals surface area (Å²) in [6, 6.07) is 5.58. The van der Waals surface area contributed by atoms with Gasteiger partial charge >= 0.3 is 0 Å². The third-order valence-corrected chi connectivity index (χ3v) is 3.11.